The van der Waals surface area contributed by atoms with E-state index in [0.29, 0.717) is 35.0 Å². The first-order valence-electron chi connectivity index (χ1n) is 11.7. The Kier molecular flexibility index (Phi) is 6.39. The standard InChI is InChI=1S/C27H22F4N2O3S/c28-18-4-1-3-16(13-18)15-9-11-26(12-10-15,23(34)19-5-2-6-20(19)24(35)36)33-25-32-21-8-7-17(27(29,30)31)14-22(21)37-25/h1,3-4,7-15,19-20H,2,5-6H2,(H,32,33)(H,35,36)/t15?,19-,20-,26?/m1/s1. The van der Waals surface area contributed by atoms with Gasteiger partial charge in [-0.1, -0.05) is 54.2 Å². The van der Waals surface area contributed by atoms with E-state index in [0.717, 1.165) is 23.5 Å². The Balaban J connectivity index is 1.51. The molecule has 2 N–H and O–H groups in total. The Hall–Kier alpha value is -3.53. The van der Waals surface area contributed by atoms with Gasteiger partial charge < -0.3 is 10.4 Å². The van der Waals surface area contributed by atoms with Gasteiger partial charge in [-0.15, -0.1) is 0 Å². The number of ketones is 1. The molecule has 0 radical (unpaired) electrons. The lowest BCUT2D eigenvalue weighted by molar-refractivity contribution is -0.146. The summed E-state index contributed by atoms with van der Waals surface area (Å²) < 4.78 is 53.6. The monoisotopic (exact) mass is 530 g/mol. The molecule has 2 aliphatic carbocycles. The molecule has 5 rings (SSSR count). The second-order valence-electron chi connectivity index (χ2n) is 9.34. The molecule has 1 saturated carbocycles. The van der Waals surface area contributed by atoms with Crippen LogP contribution in [0.4, 0.5) is 22.7 Å². The second-order valence-corrected chi connectivity index (χ2v) is 10.4. The molecule has 0 unspecified atom stereocenters. The molecular weight excluding hydrogens is 508 g/mol. The fraction of sp³-hybridized carbons (Fsp3) is 0.296. The Morgan fingerprint density at radius 3 is 2.46 bits per heavy atom. The molecule has 2 atom stereocenters. The Labute approximate surface area is 213 Å². The maximum Gasteiger partial charge on any atom is 0.416 e. The molecule has 10 heteroatoms. The molecule has 1 fully saturated rings. The number of Topliss-reactive ketones (excluding diaryl/α,β-unsaturated/α-hetero) is 1. The molecule has 2 aromatic carbocycles. The van der Waals surface area contributed by atoms with Crippen LogP contribution in [0.25, 0.3) is 10.2 Å². The fourth-order valence-corrected chi connectivity index (χ4v) is 6.06. The highest BCUT2D eigenvalue weighted by molar-refractivity contribution is 7.22. The number of hydrogen-bond acceptors (Lipinski definition) is 5. The molecule has 1 heterocycles. The smallest absolute Gasteiger partial charge is 0.416 e. The Bertz CT molecular complexity index is 1410. The Morgan fingerprint density at radius 2 is 1.78 bits per heavy atom. The number of nitrogens with zero attached hydrogens (tertiary/aromatic N) is 1. The van der Waals surface area contributed by atoms with Crippen LogP contribution in [0.1, 0.15) is 36.3 Å². The van der Waals surface area contributed by atoms with Crippen molar-refractivity contribution < 1.29 is 32.3 Å². The van der Waals surface area contributed by atoms with Gasteiger partial charge in [0.2, 0.25) is 0 Å². The number of allylic oxidation sites excluding steroid dienone is 2. The lowest BCUT2D eigenvalue weighted by Crippen LogP contribution is -2.48. The number of nitrogens with one attached hydrogen (secondary N) is 1. The van der Waals surface area contributed by atoms with Crippen LogP contribution in [0.15, 0.2) is 66.8 Å². The van der Waals surface area contributed by atoms with E-state index in [1.54, 1.807) is 36.4 Å². The van der Waals surface area contributed by atoms with E-state index in [4.69, 9.17) is 0 Å². The van der Waals surface area contributed by atoms with Crippen molar-refractivity contribution in [1.29, 1.82) is 0 Å². The summed E-state index contributed by atoms with van der Waals surface area (Å²) in [4.78, 5) is 30.1. The van der Waals surface area contributed by atoms with E-state index in [2.05, 4.69) is 10.3 Å². The van der Waals surface area contributed by atoms with Crippen LogP contribution in [-0.2, 0) is 15.8 Å². The van der Waals surface area contributed by atoms with Gasteiger partial charge in [0, 0.05) is 11.8 Å². The summed E-state index contributed by atoms with van der Waals surface area (Å²) in [7, 11) is 0. The van der Waals surface area contributed by atoms with E-state index in [1.807, 2.05) is 0 Å². The van der Waals surface area contributed by atoms with Crippen molar-refractivity contribution in [2.45, 2.75) is 36.9 Å². The number of carbonyl (C=O) groups is 2. The molecule has 0 bridgehead atoms. The summed E-state index contributed by atoms with van der Waals surface area (Å²) in [6.07, 6.45) is 3.62. The van der Waals surface area contributed by atoms with Crippen molar-refractivity contribution in [2.75, 3.05) is 5.32 Å². The summed E-state index contributed by atoms with van der Waals surface area (Å²) in [6.45, 7) is 0. The van der Waals surface area contributed by atoms with Gasteiger partial charge in [0.15, 0.2) is 10.9 Å². The predicted octanol–water partition coefficient (Wildman–Crippen LogP) is 6.58. The topological polar surface area (TPSA) is 79.3 Å². The van der Waals surface area contributed by atoms with E-state index in [1.165, 1.54) is 18.2 Å². The molecule has 37 heavy (non-hydrogen) atoms. The molecule has 0 spiro atoms. The van der Waals surface area contributed by atoms with Crippen LogP contribution < -0.4 is 5.32 Å². The Morgan fingerprint density at radius 1 is 1.05 bits per heavy atom. The number of hydrogen-bond donors (Lipinski definition) is 2. The fourth-order valence-electron chi connectivity index (χ4n) is 5.08. The van der Waals surface area contributed by atoms with E-state index in [9.17, 15) is 32.3 Å². The first-order chi connectivity index (χ1) is 17.6. The summed E-state index contributed by atoms with van der Waals surface area (Å²) in [5, 5.41) is 13.0. The highest BCUT2D eigenvalue weighted by Gasteiger charge is 2.46. The first-order valence-corrected chi connectivity index (χ1v) is 12.5. The van der Waals surface area contributed by atoms with Gasteiger partial charge in [-0.25, -0.2) is 9.37 Å². The molecular formula is C27H22F4N2O3S. The summed E-state index contributed by atoms with van der Waals surface area (Å²) in [5.41, 5.74) is -1.23. The minimum absolute atomic E-state index is 0.228. The largest absolute Gasteiger partial charge is 0.481 e. The van der Waals surface area contributed by atoms with Crippen LogP contribution >= 0.6 is 11.3 Å². The zero-order chi connectivity index (χ0) is 26.4. The highest BCUT2D eigenvalue weighted by Crippen LogP contribution is 2.41. The number of rotatable bonds is 6. The minimum Gasteiger partial charge on any atom is -0.481 e. The maximum atomic E-state index is 13.9. The van der Waals surface area contributed by atoms with Crippen LogP contribution in [0.3, 0.4) is 0 Å². The number of anilines is 1. The highest BCUT2D eigenvalue weighted by atomic mass is 32.1. The summed E-state index contributed by atoms with van der Waals surface area (Å²) >= 11 is 0.978. The molecule has 2 aliphatic rings. The number of carboxylic acid groups (broad SMARTS) is 1. The molecule has 192 valence electrons. The van der Waals surface area contributed by atoms with Gasteiger partial charge in [0.25, 0.3) is 0 Å². The van der Waals surface area contributed by atoms with E-state index < -0.39 is 40.9 Å². The second kappa shape index (κ2) is 9.41. The number of fused-ring (bicyclic) bond motifs is 1. The van der Waals surface area contributed by atoms with Gasteiger partial charge in [-0.05, 0) is 48.7 Å². The van der Waals surface area contributed by atoms with Gasteiger partial charge in [-0.3, -0.25) is 9.59 Å². The van der Waals surface area contributed by atoms with Crippen molar-refractivity contribution >= 4 is 38.4 Å². The maximum absolute atomic E-state index is 13.9. The molecule has 3 aromatic rings. The molecule has 0 amide bonds. The number of halogens is 4. The van der Waals surface area contributed by atoms with Crippen LogP contribution in [0.2, 0.25) is 0 Å². The third-order valence-electron chi connectivity index (χ3n) is 6.97. The van der Waals surface area contributed by atoms with E-state index in [-0.39, 0.29) is 16.8 Å². The van der Waals surface area contributed by atoms with Crippen LogP contribution in [0, 0.1) is 17.7 Å². The zero-order valence-corrected chi connectivity index (χ0v) is 20.2. The van der Waals surface area contributed by atoms with Crippen molar-refractivity contribution in [3.05, 3.63) is 83.7 Å². The molecule has 0 saturated heterocycles. The number of carbonyl (C=O) groups excluding carboxylic acids is 1. The number of benzene rings is 2. The quantitative estimate of drug-likeness (QED) is 0.278. The van der Waals surface area contributed by atoms with Crippen molar-refractivity contribution in [2.24, 2.45) is 11.8 Å². The van der Waals surface area contributed by atoms with Gasteiger partial charge >= 0.3 is 12.1 Å². The number of alkyl halides is 3. The van der Waals surface area contributed by atoms with Gasteiger partial charge in [0.1, 0.15) is 11.4 Å². The third-order valence-corrected chi connectivity index (χ3v) is 7.91. The van der Waals surface area contributed by atoms with Gasteiger partial charge in [0.05, 0.1) is 21.7 Å². The van der Waals surface area contributed by atoms with Crippen molar-refractivity contribution in [3.8, 4) is 0 Å². The van der Waals surface area contributed by atoms with E-state index >= 15 is 0 Å². The molecule has 1 aromatic heterocycles. The average Bonchev–Trinajstić information content (AvgIpc) is 3.50. The number of thiazole rings is 1. The van der Waals surface area contributed by atoms with Crippen molar-refractivity contribution in [3.63, 3.8) is 0 Å². The van der Waals surface area contributed by atoms with Crippen LogP contribution in [-0.4, -0.2) is 27.4 Å². The summed E-state index contributed by atoms with van der Waals surface area (Å²) in [5.74, 6) is -3.66. The lowest BCUT2D eigenvalue weighted by Gasteiger charge is -2.34. The van der Waals surface area contributed by atoms with Crippen molar-refractivity contribution in [1.82, 2.24) is 4.98 Å². The minimum atomic E-state index is -4.50. The number of aliphatic carboxylic acids is 1. The number of carboxylic acids is 1. The van der Waals surface area contributed by atoms with Crippen LogP contribution in [0.5, 0.6) is 0 Å². The molecule has 0 aliphatic heterocycles. The average molecular weight is 531 g/mol. The number of aromatic nitrogens is 1. The summed E-state index contributed by atoms with van der Waals surface area (Å²) in [6, 6.07) is 9.31. The predicted molar refractivity (Wildman–Crippen MR) is 132 cm³/mol. The third kappa shape index (κ3) is 4.90. The first kappa shape index (κ1) is 25.1. The normalized spacial score (nSPS) is 25.5. The zero-order valence-electron chi connectivity index (χ0n) is 19.3. The molecule has 5 nitrogen and oxygen atoms in total. The SMILES string of the molecule is O=C(O)[C@@H]1CCC[C@H]1C(=O)C1(Nc2nc3ccc(C(F)(F)F)cc3s2)C=CC(c2cccc(F)c2)C=C1. The van der Waals surface area contributed by atoms with Gasteiger partial charge in [-0.2, -0.15) is 13.2 Å². The lowest BCUT2D eigenvalue weighted by atomic mass is 9.76.